The van der Waals surface area contributed by atoms with Crippen LogP contribution in [-0.4, -0.2) is 50.5 Å². The van der Waals surface area contributed by atoms with Gasteiger partial charge in [0.1, 0.15) is 18.4 Å². The van der Waals surface area contributed by atoms with E-state index in [0.29, 0.717) is 12.2 Å². The first-order valence-corrected chi connectivity index (χ1v) is 12.2. The number of nitrogens with one attached hydrogen (secondary N) is 1. The molecule has 2 rings (SSSR count). The molecule has 0 aliphatic rings. The summed E-state index contributed by atoms with van der Waals surface area (Å²) >= 11 is 0. The smallest absolute Gasteiger partial charge is 0.244 e. The molecule has 0 aliphatic carbocycles. The van der Waals surface area contributed by atoms with E-state index >= 15 is 0 Å². The van der Waals surface area contributed by atoms with Gasteiger partial charge in [-0.3, -0.25) is 13.9 Å². The average Bonchev–Trinajstić information content (AvgIpc) is 2.73. The van der Waals surface area contributed by atoms with E-state index in [1.54, 1.807) is 31.2 Å². The maximum atomic E-state index is 14.3. The Kier molecular flexibility index (Phi) is 8.77. The molecule has 0 spiro atoms. The van der Waals surface area contributed by atoms with E-state index in [9.17, 15) is 22.4 Å². The second-order valence-corrected chi connectivity index (χ2v) is 9.60. The van der Waals surface area contributed by atoms with Crippen LogP contribution in [0.4, 0.5) is 10.1 Å². The second-order valence-electron chi connectivity index (χ2n) is 7.69. The second kappa shape index (κ2) is 11.1. The molecule has 7 nitrogen and oxygen atoms in total. The number of anilines is 1. The summed E-state index contributed by atoms with van der Waals surface area (Å²) in [6.45, 7) is 5.01. The maximum Gasteiger partial charge on any atom is 0.244 e. The van der Waals surface area contributed by atoms with Crippen molar-refractivity contribution < 1.29 is 22.4 Å². The van der Waals surface area contributed by atoms with Crippen LogP contribution in [0.3, 0.4) is 0 Å². The average molecular weight is 464 g/mol. The molecule has 0 bridgehead atoms. The third-order valence-corrected chi connectivity index (χ3v) is 6.12. The summed E-state index contributed by atoms with van der Waals surface area (Å²) in [5.74, 6) is -1.51. The van der Waals surface area contributed by atoms with Crippen molar-refractivity contribution in [2.24, 2.45) is 0 Å². The van der Waals surface area contributed by atoms with Crippen LogP contribution in [0.1, 0.15) is 31.4 Å². The van der Waals surface area contributed by atoms with E-state index in [4.69, 9.17) is 0 Å². The minimum atomic E-state index is -3.79. The highest BCUT2D eigenvalue weighted by Crippen LogP contribution is 2.20. The lowest BCUT2D eigenvalue weighted by atomic mass is 10.1. The quantitative estimate of drug-likeness (QED) is 0.587. The van der Waals surface area contributed by atoms with Gasteiger partial charge in [-0.2, -0.15) is 0 Å². The molecule has 0 aliphatic heterocycles. The van der Waals surface area contributed by atoms with Gasteiger partial charge in [0.25, 0.3) is 0 Å². The topological polar surface area (TPSA) is 86.8 Å². The predicted octanol–water partition coefficient (Wildman–Crippen LogP) is 2.84. The molecule has 0 fully saturated rings. The van der Waals surface area contributed by atoms with Crippen molar-refractivity contribution in [3.05, 3.63) is 65.5 Å². The Bertz CT molecular complexity index is 1060. The Balaban J connectivity index is 2.38. The first-order valence-electron chi connectivity index (χ1n) is 10.4. The zero-order valence-corrected chi connectivity index (χ0v) is 19.7. The lowest BCUT2D eigenvalue weighted by molar-refractivity contribution is -0.139. The number of aryl methyl sites for hydroxylation is 1. The molecule has 1 atom stereocenters. The van der Waals surface area contributed by atoms with Crippen LogP contribution < -0.4 is 9.62 Å². The lowest BCUT2D eigenvalue weighted by Gasteiger charge is -2.31. The molecule has 32 heavy (non-hydrogen) atoms. The minimum Gasteiger partial charge on any atom is -0.354 e. The van der Waals surface area contributed by atoms with Gasteiger partial charge in [0.2, 0.25) is 21.8 Å². The summed E-state index contributed by atoms with van der Waals surface area (Å²) in [5.41, 5.74) is 1.41. The first kappa shape index (κ1) is 25.3. The van der Waals surface area contributed by atoms with Gasteiger partial charge in [-0.05, 0) is 44.0 Å². The third-order valence-electron chi connectivity index (χ3n) is 4.98. The fourth-order valence-electron chi connectivity index (χ4n) is 3.19. The summed E-state index contributed by atoms with van der Waals surface area (Å²) in [5, 5.41) is 2.73. The van der Waals surface area contributed by atoms with Crippen LogP contribution in [0, 0.1) is 12.7 Å². The molecule has 0 radical (unpaired) electrons. The van der Waals surface area contributed by atoms with Crippen LogP contribution in [0.5, 0.6) is 0 Å². The van der Waals surface area contributed by atoms with Gasteiger partial charge in [0, 0.05) is 18.7 Å². The number of halogens is 1. The van der Waals surface area contributed by atoms with Crippen molar-refractivity contribution in [3.8, 4) is 0 Å². The minimum absolute atomic E-state index is 0.169. The Morgan fingerprint density at radius 2 is 1.81 bits per heavy atom. The van der Waals surface area contributed by atoms with E-state index in [0.717, 1.165) is 22.5 Å². The van der Waals surface area contributed by atoms with Crippen molar-refractivity contribution in [1.82, 2.24) is 10.2 Å². The van der Waals surface area contributed by atoms with E-state index in [1.807, 2.05) is 19.9 Å². The monoisotopic (exact) mass is 463 g/mol. The molecule has 0 aromatic heterocycles. The number of rotatable bonds is 10. The number of sulfonamides is 1. The molecule has 1 N–H and O–H groups in total. The van der Waals surface area contributed by atoms with E-state index in [-0.39, 0.29) is 12.1 Å². The molecular weight excluding hydrogens is 433 g/mol. The number of carbonyl (C=O) groups excluding carboxylic acids is 2. The number of nitrogens with zero attached hydrogens (tertiary/aromatic N) is 2. The largest absolute Gasteiger partial charge is 0.354 e. The van der Waals surface area contributed by atoms with Crippen molar-refractivity contribution >= 4 is 27.5 Å². The van der Waals surface area contributed by atoms with Gasteiger partial charge in [0.15, 0.2) is 0 Å². The van der Waals surface area contributed by atoms with Crippen molar-refractivity contribution in [1.29, 1.82) is 0 Å². The highest BCUT2D eigenvalue weighted by atomic mass is 32.2. The van der Waals surface area contributed by atoms with Gasteiger partial charge in [-0.25, -0.2) is 12.8 Å². The molecule has 0 saturated carbocycles. The van der Waals surface area contributed by atoms with Gasteiger partial charge in [0.05, 0.1) is 11.9 Å². The summed E-state index contributed by atoms with van der Waals surface area (Å²) in [7, 11) is -3.79. The number of hydrogen-bond acceptors (Lipinski definition) is 4. The normalized spacial score (nSPS) is 12.2. The Morgan fingerprint density at radius 3 is 2.41 bits per heavy atom. The Labute approximate surface area is 189 Å². The van der Waals surface area contributed by atoms with Crippen LogP contribution in [0.25, 0.3) is 0 Å². The summed E-state index contributed by atoms with van der Waals surface area (Å²) in [4.78, 5) is 27.1. The zero-order chi connectivity index (χ0) is 23.9. The number of benzene rings is 2. The summed E-state index contributed by atoms with van der Waals surface area (Å²) < 4.78 is 40.2. The van der Waals surface area contributed by atoms with Gasteiger partial charge < -0.3 is 10.2 Å². The molecule has 0 heterocycles. The molecule has 9 heteroatoms. The van der Waals surface area contributed by atoms with Gasteiger partial charge in [-0.1, -0.05) is 37.3 Å². The zero-order valence-electron chi connectivity index (χ0n) is 18.8. The summed E-state index contributed by atoms with van der Waals surface area (Å²) in [6.07, 6.45) is 1.73. The van der Waals surface area contributed by atoms with Crippen molar-refractivity contribution in [2.45, 2.75) is 39.8 Å². The molecule has 2 aromatic carbocycles. The van der Waals surface area contributed by atoms with Gasteiger partial charge >= 0.3 is 0 Å². The summed E-state index contributed by atoms with van der Waals surface area (Å²) in [6, 6.07) is 11.8. The predicted molar refractivity (Wildman–Crippen MR) is 123 cm³/mol. The maximum absolute atomic E-state index is 14.3. The molecule has 1 unspecified atom stereocenters. The number of carbonyl (C=O) groups is 2. The van der Waals surface area contributed by atoms with E-state index in [1.165, 1.54) is 23.1 Å². The van der Waals surface area contributed by atoms with Crippen molar-refractivity contribution in [2.75, 3.05) is 23.7 Å². The molecule has 0 saturated heterocycles. The van der Waals surface area contributed by atoms with Crippen molar-refractivity contribution in [3.63, 3.8) is 0 Å². The third kappa shape index (κ3) is 6.78. The number of hydrogen-bond donors (Lipinski definition) is 1. The van der Waals surface area contributed by atoms with Gasteiger partial charge in [-0.15, -0.1) is 0 Å². The van der Waals surface area contributed by atoms with Crippen LogP contribution in [0.2, 0.25) is 0 Å². The first-order chi connectivity index (χ1) is 15.0. The SMILES string of the molecule is CCCNC(=O)C(C)N(Cc1ccccc1F)C(=O)CN(c1cccc(C)c1)S(C)(=O)=O. The highest BCUT2D eigenvalue weighted by molar-refractivity contribution is 7.92. The molecule has 174 valence electrons. The Hall–Kier alpha value is -2.94. The van der Waals surface area contributed by atoms with E-state index in [2.05, 4.69) is 5.32 Å². The molecule has 2 amide bonds. The van der Waals surface area contributed by atoms with Crippen LogP contribution >= 0.6 is 0 Å². The number of amides is 2. The standard InChI is InChI=1S/C23H30FN3O4S/c1-5-13-25-23(29)18(3)26(15-19-10-6-7-12-21(19)24)22(28)16-27(32(4,30)31)20-11-8-9-17(2)14-20/h6-12,14,18H,5,13,15-16H2,1-4H3,(H,25,29). The molecule has 2 aromatic rings. The Morgan fingerprint density at radius 1 is 1.12 bits per heavy atom. The lowest BCUT2D eigenvalue weighted by Crippen LogP contribution is -2.51. The fraction of sp³-hybridized carbons (Fsp3) is 0.391. The fourth-order valence-corrected chi connectivity index (χ4v) is 4.03. The van der Waals surface area contributed by atoms with Crippen LogP contribution in [0.15, 0.2) is 48.5 Å². The van der Waals surface area contributed by atoms with E-state index < -0.39 is 40.2 Å². The van der Waals surface area contributed by atoms with Crippen LogP contribution in [-0.2, 0) is 26.2 Å². The highest BCUT2D eigenvalue weighted by Gasteiger charge is 2.30. The molecular formula is C23H30FN3O4S.